The first-order valence-corrected chi connectivity index (χ1v) is 9.88. The van der Waals surface area contributed by atoms with E-state index in [-0.39, 0.29) is 18.4 Å². The van der Waals surface area contributed by atoms with Gasteiger partial charge < -0.3 is 19.6 Å². The quantitative estimate of drug-likeness (QED) is 0.565. The van der Waals surface area contributed by atoms with Crippen LogP contribution in [0, 0.1) is 0 Å². The van der Waals surface area contributed by atoms with Gasteiger partial charge >= 0.3 is 5.69 Å². The third-order valence-corrected chi connectivity index (χ3v) is 5.20. The third-order valence-electron chi connectivity index (χ3n) is 5.20. The van der Waals surface area contributed by atoms with Crippen LogP contribution in [-0.4, -0.2) is 45.9 Å². The molecule has 1 fully saturated rings. The lowest BCUT2D eigenvalue weighted by molar-refractivity contribution is -0.127. The lowest BCUT2D eigenvalue weighted by Crippen LogP contribution is -2.35. The first-order valence-electron chi connectivity index (χ1n) is 9.88. The maximum Gasteiger partial charge on any atom is 0.329 e. The number of nitrogens with zero attached hydrogens (tertiary/aromatic N) is 2. The van der Waals surface area contributed by atoms with Gasteiger partial charge in [0.1, 0.15) is 5.76 Å². The molecule has 3 heterocycles. The van der Waals surface area contributed by atoms with Gasteiger partial charge in [0.25, 0.3) is 11.5 Å². The number of rotatable bonds is 7. The number of H-pyrrole nitrogens is 1. The van der Waals surface area contributed by atoms with Crippen molar-refractivity contribution in [2.75, 3.05) is 19.6 Å². The van der Waals surface area contributed by atoms with Gasteiger partial charge in [0.15, 0.2) is 0 Å². The first-order chi connectivity index (χ1) is 14.5. The third kappa shape index (κ3) is 4.05. The van der Waals surface area contributed by atoms with Crippen molar-refractivity contribution in [2.24, 2.45) is 0 Å². The van der Waals surface area contributed by atoms with Crippen LogP contribution in [0.3, 0.4) is 0 Å². The number of carbonyl (C=O) groups excluding carboxylic acids is 2. The topological polar surface area (TPSA) is 117 Å². The number of likely N-dealkylation sites (tertiary alicyclic amines) is 1. The van der Waals surface area contributed by atoms with Gasteiger partial charge in [0.2, 0.25) is 5.91 Å². The van der Waals surface area contributed by atoms with Crippen LogP contribution in [0.1, 0.15) is 35.4 Å². The largest absolute Gasteiger partial charge is 0.467 e. The molecular formula is C21H22N4O5. The molecule has 0 bridgehead atoms. The molecule has 1 aliphatic rings. The Morgan fingerprint density at radius 1 is 1.20 bits per heavy atom. The van der Waals surface area contributed by atoms with Crippen molar-refractivity contribution in [3.63, 3.8) is 0 Å². The van der Waals surface area contributed by atoms with Crippen molar-refractivity contribution in [1.29, 1.82) is 0 Å². The zero-order valence-electron chi connectivity index (χ0n) is 16.3. The van der Waals surface area contributed by atoms with E-state index in [1.54, 1.807) is 23.1 Å². The summed E-state index contributed by atoms with van der Waals surface area (Å²) in [5.41, 5.74) is -0.376. The summed E-state index contributed by atoms with van der Waals surface area (Å²) in [5, 5.41) is 3.12. The number of aromatic nitrogens is 2. The minimum atomic E-state index is -0.572. The second-order valence-corrected chi connectivity index (χ2v) is 7.25. The van der Waals surface area contributed by atoms with Crippen LogP contribution < -0.4 is 16.6 Å². The molecule has 0 unspecified atom stereocenters. The fourth-order valence-corrected chi connectivity index (χ4v) is 3.61. The van der Waals surface area contributed by atoms with Crippen LogP contribution in [0.4, 0.5) is 0 Å². The Balaban J connectivity index is 1.45. The predicted molar refractivity (Wildman–Crippen MR) is 109 cm³/mol. The van der Waals surface area contributed by atoms with Gasteiger partial charge in [0, 0.05) is 31.6 Å². The Hall–Kier alpha value is -3.62. The Labute approximate surface area is 171 Å². The summed E-state index contributed by atoms with van der Waals surface area (Å²) in [6, 6.07) is 7.95. The van der Waals surface area contributed by atoms with Crippen LogP contribution in [0.5, 0.6) is 0 Å². The number of hydrogen-bond acceptors (Lipinski definition) is 5. The molecule has 1 saturated heterocycles. The molecule has 0 aliphatic carbocycles. The number of nitrogens with one attached hydrogen (secondary N) is 2. The zero-order valence-corrected chi connectivity index (χ0v) is 16.3. The fourth-order valence-electron chi connectivity index (χ4n) is 3.61. The highest BCUT2D eigenvalue weighted by Gasteiger charge is 2.19. The summed E-state index contributed by atoms with van der Waals surface area (Å²) < 4.78 is 6.26. The van der Waals surface area contributed by atoms with E-state index >= 15 is 0 Å². The van der Waals surface area contributed by atoms with Crippen molar-refractivity contribution < 1.29 is 14.0 Å². The maximum atomic E-state index is 12.7. The summed E-state index contributed by atoms with van der Waals surface area (Å²) in [6.45, 7) is 1.86. The number of aromatic amines is 1. The molecule has 4 rings (SSSR count). The number of fused-ring (bicyclic) bond motifs is 1. The van der Waals surface area contributed by atoms with Crippen molar-refractivity contribution in [3.8, 4) is 0 Å². The highest BCUT2D eigenvalue weighted by atomic mass is 16.3. The molecule has 9 heteroatoms. The van der Waals surface area contributed by atoms with E-state index in [0.29, 0.717) is 48.2 Å². The minimum Gasteiger partial charge on any atom is -0.467 e. The SMILES string of the molecule is O=C(NCCCN1CCCC1=O)c1ccc2c(=O)n(Cc3ccco3)c(=O)[nH]c2c1. The summed E-state index contributed by atoms with van der Waals surface area (Å²) in [5.74, 6) is 0.358. The van der Waals surface area contributed by atoms with E-state index in [1.807, 2.05) is 0 Å². The van der Waals surface area contributed by atoms with Gasteiger partial charge in [-0.3, -0.25) is 19.0 Å². The highest BCUT2D eigenvalue weighted by molar-refractivity contribution is 5.97. The Kier molecular flexibility index (Phi) is 5.51. The second-order valence-electron chi connectivity index (χ2n) is 7.25. The number of hydrogen-bond donors (Lipinski definition) is 2. The van der Waals surface area contributed by atoms with E-state index in [0.717, 1.165) is 17.5 Å². The fraction of sp³-hybridized carbons (Fsp3) is 0.333. The van der Waals surface area contributed by atoms with E-state index < -0.39 is 11.2 Å². The monoisotopic (exact) mass is 410 g/mol. The standard InChI is InChI=1S/C21H22N4O5/c26-18-5-1-9-24(18)10-3-8-22-19(27)14-6-7-16-17(12-14)23-21(29)25(20(16)28)13-15-4-2-11-30-15/h2,4,6-7,11-12H,1,3,5,8-10,13H2,(H,22,27)(H,23,29). The van der Waals surface area contributed by atoms with Gasteiger partial charge in [-0.2, -0.15) is 0 Å². The summed E-state index contributed by atoms with van der Waals surface area (Å²) in [7, 11) is 0. The van der Waals surface area contributed by atoms with Gasteiger partial charge in [-0.05, 0) is 43.2 Å². The molecule has 156 valence electrons. The smallest absolute Gasteiger partial charge is 0.329 e. The van der Waals surface area contributed by atoms with E-state index in [2.05, 4.69) is 10.3 Å². The normalized spacial score (nSPS) is 13.9. The van der Waals surface area contributed by atoms with Gasteiger partial charge in [0.05, 0.1) is 23.7 Å². The van der Waals surface area contributed by atoms with Gasteiger partial charge in [-0.1, -0.05) is 0 Å². The van der Waals surface area contributed by atoms with E-state index in [9.17, 15) is 19.2 Å². The van der Waals surface area contributed by atoms with Gasteiger partial charge in [-0.15, -0.1) is 0 Å². The summed E-state index contributed by atoms with van der Waals surface area (Å²) in [4.78, 5) is 53.5. The van der Waals surface area contributed by atoms with Crippen LogP contribution in [0.2, 0.25) is 0 Å². The van der Waals surface area contributed by atoms with Crippen LogP contribution >= 0.6 is 0 Å². The Morgan fingerprint density at radius 2 is 2.07 bits per heavy atom. The Bertz CT molecular complexity index is 1190. The summed E-state index contributed by atoms with van der Waals surface area (Å²) >= 11 is 0. The molecule has 1 aromatic carbocycles. The first kappa shape index (κ1) is 19.7. The lowest BCUT2D eigenvalue weighted by Gasteiger charge is -2.15. The second kappa shape index (κ2) is 8.40. The molecule has 9 nitrogen and oxygen atoms in total. The average molecular weight is 410 g/mol. The van der Waals surface area contributed by atoms with E-state index in [4.69, 9.17) is 4.42 Å². The van der Waals surface area contributed by atoms with Crippen molar-refractivity contribution in [3.05, 3.63) is 68.8 Å². The summed E-state index contributed by atoms with van der Waals surface area (Å²) in [6.07, 6.45) is 3.64. The molecule has 0 radical (unpaired) electrons. The molecule has 2 aromatic heterocycles. The van der Waals surface area contributed by atoms with Crippen molar-refractivity contribution >= 4 is 22.7 Å². The molecule has 1 aliphatic heterocycles. The highest BCUT2D eigenvalue weighted by Crippen LogP contribution is 2.11. The molecule has 0 atom stereocenters. The molecule has 3 aromatic rings. The Morgan fingerprint density at radius 3 is 2.80 bits per heavy atom. The zero-order chi connectivity index (χ0) is 21.1. The van der Waals surface area contributed by atoms with Gasteiger partial charge in [-0.25, -0.2) is 4.79 Å². The molecule has 2 amide bonds. The van der Waals surface area contributed by atoms with Crippen molar-refractivity contribution in [1.82, 2.24) is 19.8 Å². The lowest BCUT2D eigenvalue weighted by atomic mass is 10.1. The van der Waals surface area contributed by atoms with Crippen molar-refractivity contribution in [2.45, 2.75) is 25.8 Å². The number of benzene rings is 1. The predicted octanol–water partition coefficient (Wildman–Crippen LogP) is 1.07. The van der Waals surface area contributed by atoms with Crippen LogP contribution in [0.15, 0.2) is 50.6 Å². The number of furan rings is 1. The molecule has 2 N–H and O–H groups in total. The number of carbonyl (C=O) groups is 2. The maximum absolute atomic E-state index is 12.7. The number of amides is 2. The van der Waals surface area contributed by atoms with E-state index in [1.165, 1.54) is 18.4 Å². The molecular weight excluding hydrogens is 388 g/mol. The van der Waals surface area contributed by atoms with Crippen LogP contribution in [-0.2, 0) is 11.3 Å². The molecule has 0 spiro atoms. The average Bonchev–Trinajstić information content (AvgIpc) is 3.39. The molecule has 30 heavy (non-hydrogen) atoms. The minimum absolute atomic E-state index is 0.0267. The van der Waals surface area contributed by atoms with Crippen LogP contribution in [0.25, 0.3) is 10.9 Å². The molecule has 0 saturated carbocycles.